The van der Waals surface area contributed by atoms with Gasteiger partial charge in [0, 0.05) is 22.7 Å². The van der Waals surface area contributed by atoms with E-state index < -0.39 is 21.7 Å². The Labute approximate surface area is 257 Å². The first-order valence-corrected chi connectivity index (χ1v) is 16.1. The maximum Gasteiger partial charge on any atom is 0.435 e. The molecule has 1 aliphatic rings. The Kier molecular flexibility index (Phi) is 8.78. The van der Waals surface area contributed by atoms with Gasteiger partial charge in [0.05, 0.1) is 16.5 Å². The lowest BCUT2D eigenvalue weighted by Gasteiger charge is -2.38. The summed E-state index contributed by atoms with van der Waals surface area (Å²) in [5, 5.41) is 16.5. The van der Waals surface area contributed by atoms with Gasteiger partial charge in [-0.15, -0.1) is 0 Å². The molecule has 1 saturated heterocycles. The monoisotopic (exact) mass is 618 g/mol. The molecular weight excluding hydrogens is 580 g/mol. The summed E-state index contributed by atoms with van der Waals surface area (Å²) in [5.41, 5.74) is 2.18. The number of hydrogen-bond acceptors (Lipinski definition) is 7. The minimum atomic E-state index is -3.89. The van der Waals surface area contributed by atoms with E-state index in [1.165, 1.54) is 12.1 Å². The number of sulfonamides is 1. The number of ether oxygens (including phenoxy) is 1. The maximum atomic E-state index is 13.4. The van der Waals surface area contributed by atoms with E-state index in [-0.39, 0.29) is 23.0 Å². The van der Waals surface area contributed by atoms with Gasteiger partial charge in [-0.25, -0.2) is 23.1 Å². The zero-order valence-corrected chi connectivity index (χ0v) is 26.1. The molecule has 4 aromatic rings. The summed E-state index contributed by atoms with van der Waals surface area (Å²) in [4.78, 5) is 28.8. The summed E-state index contributed by atoms with van der Waals surface area (Å²) in [5.74, 6) is 0. The number of carbonyl (C=O) groups is 2. The number of nitrogens with one attached hydrogen (secondary N) is 2. The van der Waals surface area contributed by atoms with E-state index in [9.17, 15) is 18.0 Å². The largest absolute Gasteiger partial charge is 0.442 e. The molecule has 44 heavy (non-hydrogen) atoms. The van der Waals surface area contributed by atoms with Crippen molar-refractivity contribution in [2.75, 3.05) is 18.9 Å². The molecule has 12 heteroatoms. The molecule has 0 aliphatic carbocycles. The molecule has 2 heterocycles. The van der Waals surface area contributed by atoms with Crippen LogP contribution in [0.15, 0.2) is 77.7 Å². The van der Waals surface area contributed by atoms with Gasteiger partial charge in [0.1, 0.15) is 11.3 Å². The summed E-state index contributed by atoms with van der Waals surface area (Å²) in [6.07, 6.45) is 2.53. The van der Waals surface area contributed by atoms with Crippen LogP contribution in [0.25, 0.3) is 22.2 Å². The van der Waals surface area contributed by atoms with Crippen LogP contribution in [0.3, 0.4) is 0 Å². The number of nitrogens with two attached hydrogens (primary N) is 1. The SMILES string of the molecule is CN1CCCCC1C(NC(=O)Nc1ccc2c(c1)c(-c1ccc(S(N)(=O)=O)cc1)nn2C(=O)OC(C)(C)C)c1ccccc1. The molecule has 1 fully saturated rings. The molecule has 5 rings (SSSR count). The smallest absolute Gasteiger partial charge is 0.435 e. The van der Waals surface area contributed by atoms with Crippen molar-refractivity contribution in [1.82, 2.24) is 20.0 Å². The van der Waals surface area contributed by atoms with E-state index in [2.05, 4.69) is 27.7 Å². The highest BCUT2D eigenvalue weighted by Gasteiger charge is 2.30. The van der Waals surface area contributed by atoms with Crippen LogP contribution >= 0.6 is 0 Å². The van der Waals surface area contributed by atoms with Crippen molar-refractivity contribution in [3.8, 4) is 11.3 Å². The number of anilines is 1. The second kappa shape index (κ2) is 12.4. The van der Waals surface area contributed by atoms with Crippen molar-refractivity contribution in [2.45, 2.75) is 62.6 Å². The van der Waals surface area contributed by atoms with Gasteiger partial charge in [-0.3, -0.25) is 0 Å². The minimum absolute atomic E-state index is 0.0484. The molecule has 1 aliphatic heterocycles. The van der Waals surface area contributed by atoms with E-state index >= 15 is 0 Å². The summed E-state index contributed by atoms with van der Waals surface area (Å²) in [6.45, 7) is 6.25. The highest BCUT2D eigenvalue weighted by molar-refractivity contribution is 7.89. The van der Waals surface area contributed by atoms with Crippen molar-refractivity contribution in [2.24, 2.45) is 5.14 Å². The molecule has 0 bridgehead atoms. The Morgan fingerprint density at radius 2 is 1.73 bits per heavy atom. The van der Waals surface area contributed by atoms with E-state index in [1.54, 1.807) is 51.1 Å². The number of aromatic nitrogens is 2. The van der Waals surface area contributed by atoms with Crippen LogP contribution in [0.5, 0.6) is 0 Å². The quantitative estimate of drug-likeness (QED) is 0.259. The van der Waals surface area contributed by atoms with E-state index in [4.69, 9.17) is 9.88 Å². The van der Waals surface area contributed by atoms with E-state index in [0.717, 1.165) is 36.1 Å². The summed E-state index contributed by atoms with van der Waals surface area (Å²) in [6, 6.07) is 20.5. The summed E-state index contributed by atoms with van der Waals surface area (Å²) >= 11 is 0. The summed E-state index contributed by atoms with van der Waals surface area (Å²) in [7, 11) is -1.80. The Morgan fingerprint density at radius 3 is 2.36 bits per heavy atom. The topological polar surface area (TPSA) is 149 Å². The van der Waals surface area contributed by atoms with Crippen LogP contribution in [0.2, 0.25) is 0 Å². The number of likely N-dealkylation sites (N-methyl/N-ethyl adjacent to an activating group) is 1. The number of likely N-dealkylation sites (tertiary alicyclic amines) is 1. The number of benzene rings is 3. The summed E-state index contributed by atoms with van der Waals surface area (Å²) < 4.78 is 30.3. The number of hydrogen-bond donors (Lipinski definition) is 3. The fourth-order valence-corrected chi connectivity index (χ4v) is 6.06. The van der Waals surface area contributed by atoms with Crippen LogP contribution in [-0.2, 0) is 14.8 Å². The maximum absolute atomic E-state index is 13.4. The van der Waals surface area contributed by atoms with Gasteiger partial charge in [0.25, 0.3) is 0 Å². The van der Waals surface area contributed by atoms with Crippen LogP contribution in [0, 0.1) is 0 Å². The molecule has 3 aromatic carbocycles. The lowest BCUT2D eigenvalue weighted by molar-refractivity contribution is 0.0523. The number of nitrogens with zero attached hydrogens (tertiary/aromatic N) is 3. The second-order valence-corrected chi connectivity index (χ2v) is 13.6. The molecule has 2 amide bonds. The standard InChI is InChI=1S/C32H38N6O5S/c1-32(2,3)43-31(40)38-26-18-15-23(20-25(26)28(36-38)22-13-16-24(17-14-22)44(33,41)42)34-30(39)35-29(21-10-6-5-7-11-21)27-12-8-9-19-37(27)4/h5-7,10-11,13-18,20,27,29H,8-9,12,19H2,1-4H3,(H2,33,41,42)(H2,34,35,39). The van der Waals surface area contributed by atoms with Crippen molar-refractivity contribution in [3.05, 3.63) is 78.4 Å². The van der Waals surface area contributed by atoms with Crippen molar-refractivity contribution < 1.29 is 22.7 Å². The average Bonchev–Trinajstić information content (AvgIpc) is 3.35. The third-order valence-electron chi connectivity index (χ3n) is 7.62. The highest BCUT2D eigenvalue weighted by atomic mass is 32.2. The number of carbonyl (C=O) groups excluding carboxylic acids is 2. The normalized spacial score (nSPS) is 16.8. The number of urea groups is 1. The Hall–Kier alpha value is -4.26. The number of primary sulfonamides is 1. The Morgan fingerprint density at radius 1 is 1.02 bits per heavy atom. The van der Waals surface area contributed by atoms with Gasteiger partial charge in [0.2, 0.25) is 10.0 Å². The lowest BCUT2D eigenvalue weighted by Crippen LogP contribution is -2.47. The molecule has 11 nitrogen and oxygen atoms in total. The fraction of sp³-hybridized carbons (Fsp3) is 0.344. The molecule has 0 spiro atoms. The number of piperidine rings is 1. The first-order chi connectivity index (χ1) is 20.8. The molecule has 2 atom stereocenters. The average molecular weight is 619 g/mol. The zero-order chi connectivity index (χ0) is 31.6. The van der Waals surface area contributed by atoms with Gasteiger partial charge in [-0.05, 0) is 83.1 Å². The first-order valence-electron chi connectivity index (χ1n) is 14.5. The highest BCUT2D eigenvalue weighted by Crippen LogP contribution is 2.32. The molecule has 0 saturated carbocycles. The predicted molar refractivity (Wildman–Crippen MR) is 170 cm³/mol. The van der Waals surface area contributed by atoms with E-state index in [0.29, 0.717) is 27.8 Å². The molecule has 232 valence electrons. The van der Waals surface area contributed by atoms with Crippen LogP contribution in [0.1, 0.15) is 51.6 Å². The second-order valence-electron chi connectivity index (χ2n) is 12.1. The minimum Gasteiger partial charge on any atom is -0.442 e. The van der Waals surface area contributed by atoms with Gasteiger partial charge < -0.3 is 20.3 Å². The molecule has 2 unspecified atom stereocenters. The van der Waals surface area contributed by atoms with Crippen LogP contribution in [0.4, 0.5) is 15.3 Å². The van der Waals surface area contributed by atoms with Gasteiger partial charge in [-0.1, -0.05) is 48.9 Å². The zero-order valence-electron chi connectivity index (χ0n) is 25.3. The third-order valence-corrected chi connectivity index (χ3v) is 8.55. The van der Waals surface area contributed by atoms with Crippen LogP contribution < -0.4 is 15.8 Å². The van der Waals surface area contributed by atoms with Gasteiger partial charge >= 0.3 is 12.1 Å². The Balaban J connectivity index is 1.48. The van der Waals surface area contributed by atoms with Crippen molar-refractivity contribution in [3.63, 3.8) is 0 Å². The fourth-order valence-electron chi connectivity index (χ4n) is 5.55. The number of fused-ring (bicyclic) bond motifs is 1. The van der Waals surface area contributed by atoms with Crippen LogP contribution in [-0.4, -0.2) is 60.5 Å². The predicted octanol–water partition coefficient (Wildman–Crippen LogP) is 5.48. The van der Waals surface area contributed by atoms with Crippen molar-refractivity contribution in [1.29, 1.82) is 0 Å². The van der Waals surface area contributed by atoms with E-state index in [1.807, 2.05) is 30.3 Å². The van der Waals surface area contributed by atoms with Crippen molar-refractivity contribution >= 4 is 38.7 Å². The molecular formula is C32H38N6O5S. The number of amides is 2. The molecule has 0 radical (unpaired) electrons. The lowest BCUT2D eigenvalue weighted by atomic mass is 9.91. The molecule has 4 N–H and O–H groups in total. The van der Waals surface area contributed by atoms with Gasteiger partial charge in [0.15, 0.2) is 0 Å². The third kappa shape index (κ3) is 7.09. The first kappa shape index (κ1) is 31.2. The Bertz CT molecular complexity index is 1760. The van der Waals surface area contributed by atoms with Gasteiger partial charge in [-0.2, -0.15) is 9.78 Å². The number of rotatable bonds is 6. The molecule has 1 aromatic heterocycles.